The summed E-state index contributed by atoms with van der Waals surface area (Å²) in [6, 6.07) is 0. The van der Waals surface area contributed by atoms with Gasteiger partial charge in [-0.15, -0.1) is 0 Å². The van der Waals surface area contributed by atoms with Crippen LogP contribution < -0.4 is 0 Å². The molecule has 0 bridgehead atoms. The van der Waals surface area contributed by atoms with Gasteiger partial charge in [0.15, 0.2) is 0 Å². The van der Waals surface area contributed by atoms with Crippen molar-refractivity contribution < 1.29 is 9.47 Å². The molecular weight excluding hydrogens is 240 g/mol. The molecule has 4 nitrogen and oxygen atoms in total. The number of nitrogens with zero attached hydrogens (tertiary/aromatic N) is 2. The predicted octanol–water partition coefficient (Wildman–Crippen LogP) is 1.95. The molecule has 2 rings (SSSR count). The molecule has 0 amide bonds. The van der Waals surface area contributed by atoms with Gasteiger partial charge in [0.25, 0.3) is 0 Å². The van der Waals surface area contributed by atoms with E-state index in [0.717, 1.165) is 52.6 Å². The molecule has 0 aliphatic carbocycles. The average Bonchev–Trinajstić information content (AvgIpc) is 2.49. The smallest absolute Gasteiger partial charge is 0.0625 e. The summed E-state index contributed by atoms with van der Waals surface area (Å²) in [4.78, 5) is 5.25. The average molecular weight is 270 g/mol. The molecule has 2 heterocycles. The Morgan fingerprint density at radius 3 is 1.79 bits per heavy atom. The number of unbranched alkanes of at least 4 members (excludes halogenated alkanes) is 3. The third-order valence-corrected chi connectivity index (χ3v) is 4.25. The van der Waals surface area contributed by atoms with E-state index < -0.39 is 0 Å². The van der Waals surface area contributed by atoms with E-state index in [9.17, 15) is 0 Å². The second-order valence-corrected chi connectivity index (χ2v) is 5.63. The lowest BCUT2D eigenvalue weighted by molar-refractivity contribution is -0.0690. The van der Waals surface area contributed by atoms with Crippen molar-refractivity contribution in [1.29, 1.82) is 0 Å². The highest BCUT2D eigenvalue weighted by molar-refractivity contribution is 4.77. The van der Waals surface area contributed by atoms with Crippen LogP contribution in [0.15, 0.2) is 0 Å². The van der Waals surface area contributed by atoms with Gasteiger partial charge in [-0.3, -0.25) is 9.80 Å². The minimum Gasteiger partial charge on any atom is -0.379 e. The third kappa shape index (κ3) is 5.03. The van der Waals surface area contributed by atoms with Crippen LogP contribution in [0.1, 0.15) is 39.0 Å². The SMILES string of the molecule is CCCCCCC(N1CCOCC1)N1CCOCC1. The van der Waals surface area contributed by atoms with E-state index in [1.165, 1.54) is 32.1 Å². The second-order valence-electron chi connectivity index (χ2n) is 5.63. The predicted molar refractivity (Wildman–Crippen MR) is 77.3 cm³/mol. The van der Waals surface area contributed by atoms with Crippen molar-refractivity contribution in [3.05, 3.63) is 0 Å². The molecule has 0 saturated carbocycles. The fourth-order valence-corrected chi connectivity index (χ4v) is 3.10. The van der Waals surface area contributed by atoms with E-state index in [1.807, 2.05) is 0 Å². The summed E-state index contributed by atoms with van der Waals surface area (Å²) in [6.07, 6.45) is 7.35. The topological polar surface area (TPSA) is 24.9 Å². The second kappa shape index (κ2) is 8.90. The van der Waals surface area contributed by atoms with Crippen LogP contribution in [-0.4, -0.2) is 68.6 Å². The molecule has 0 atom stereocenters. The van der Waals surface area contributed by atoms with E-state index in [2.05, 4.69) is 16.7 Å². The molecule has 2 saturated heterocycles. The van der Waals surface area contributed by atoms with Gasteiger partial charge in [0, 0.05) is 26.2 Å². The summed E-state index contributed by atoms with van der Waals surface area (Å²) in [5.41, 5.74) is 0. The van der Waals surface area contributed by atoms with E-state index >= 15 is 0 Å². The van der Waals surface area contributed by atoms with Crippen LogP contribution >= 0.6 is 0 Å². The molecule has 2 fully saturated rings. The number of hydrogen-bond acceptors (Lipinski definition) is 4. The summed E-state index contributed by atoms with van der Waals surface area (Å²) < 4.78 is 11.0. The lowest BCUT2D eigenvalue weighted by Crippen LogP contribution is -2.55. The van der Waals surface area contributed by atoms with Crippen LogP contribution in [0.4, 0.5) is 0 Å². The van der Waals surface area contributed by atoms with Crippen LogP contribution in [0.5, 0.6) is 0 Å². The first-order chi connectivity index (χ1) is 9.42. The summed E-state index contributed by atoms with van der Waals surface area (Å²) >= 11 is 0. The Bertz CT molecular complexity index is 208. The van der Waals surface area contributed by atoms with Crippen molar-refractivity contribution in [2.45, 2.75) is 45.2 Å². The molecule has 0 spiro atoms. The minimum atomic E-state index is 0.615. The van der Waals surface area contributed by atoms with Crippen molar-refractivity contribution in [2.24, 2.45) is 0 Å². The lowest BCUT2D eigenvalue weighted by atomic mass is 10.1. The third-order valence-electron chi connectivity index (χ3n) is 4.25. The van der Waals surface area contributed by atoms with Gasteiger partial charge in [-0.05, 0) is 6.42 Å². The standard InChI is InChI=1S/C15H30N2O2/c1-2-3-4-5-6-15(16-7-11-18-12-8-16)17-9-13-19-14-10-17/h15H,2-14H2,1H3. The molecule has 2 aliphatic rings. The van der Waals surface area contributed by atoms with E-state index in [1.54, 1.807) is 0 Å². The minimum absolute atomic E-state index is 0.615. The van der Waals surface area contributed by atoms with Crippen LogP contribution in [0.25, 0.3) is 0 Å². The Balaban J connectivity index is 1.83. The van der Waals surface area contributed by atoms with Crippen molar-refractivity contribution >= 4 is 0 Å². The number of rotatable bonds is 7. The van der Waals surface area contributed by atoms with Crippen molar-refractivity contribution in [3.8, 4) is 0 Å². The molecule has 0 unspecified atom stereocenters. The Morgan fingerprint density at radius 1 is 0.789 bits per heavy atom. The van der Waals surface area contributed by atoms with Crippen LogP contribution in [0.2, 0.25) is 0 Å². The van der Waals surface area contributed by atoms with Crippen molar-refractivity contribution in [1.82, 2.24) is 9.80 Å². The maximum absolute atomic E-state index is 5.50. The lowest BCUT2D eigenvalue weighted by Gasteiger charge is -2.43. The van der Waals surface area contributed by atoms with Gasteiger partial charge in [0.1, 0.15) is 0 Å². The first-order valence-corrected chi connectivity index (χ1v) is 8.05. The Kier molecular flexibility index (Phi) is 7.14. The van der Waals surface area contributed by atoms with E-state index in [0.29, 0.717) is 6.17 Å². The van der Waals surface area contributed by atoms with Gasteiger partial charge in [-0.2, -0.15) is 0 Å². The zero-order chi connectivity index (χ0) is 13.3. The van der Waals surface area contributed by atoms with Gasteiger partial charge in [-0.25, -0.2) is 0 Å². The van der Waals surface area contributed by atoms with Gasteiger partial charge < -0.3 is 9.47 Å². The fraction of sp³-hybridized carbons (Fsp3) is 1.00. The van der Waals surface area contributed by atoms with Gasteiger partial charge in [-0.1, -0.05) is 32.6 Å². The summed E-state index contributed by atoms with van der Waals surface area (Å²) in [5.74, 6) is 0. The van der Waals surface area contributed by atoms with E-state index in [4.69, 9.17) is 9.47 Å². The highest BCUT2D eigenvalue weighted by atomic mass is 16.5. The van der Waals surface area contributed by atoms with Crippen LogP contribution in [0, 0.1) is 0 Å². The highest BCUT2D eigenvalue weighted by Crippen LogP contribution is 2.18. The summed E-state index contributed by atoms with van der Waals surface area (Å²) in [7, 11) is 0. The molecule has 19 heavy (non-hydrogen) atoms. The molecule has 2 aliphatic heterocycles. The Hall–Kier alpha value is -0.160. The molecule has 0 N–H and O–H groups in total. The molecule has 112 valence electrons. The monoisotopic (exact) mass is 270 g/mol. The summed E-state index contributed by atoms with van der Waals surface area (Å²) in [6.45, 7) is 10.2. The van der Waals surface area contributed by atoms with Gasteiger partial charge in [0.2, 0.25) is 0 Å². The molecule has 4 heteroatoms. The molecular formula is C15H30N2O2. The van der Waals surface area contributed by atoms with E-state index in [-0.39, 0.29) is 0 Å². The first-order valence-electron chi connectivity index (χ1n) is 8.05. The molecule has 0 aromatic carbocycles. The van der Waals surface area contributed by atoms with Gasteiger partial charge >= 0.3 is 0 Å². The van der Waals surface area contributed by atoms with Crippen molar-refractivity contribution in [3.63, 3.8) is 0 Å². The largest absolute Gasteiger partial charge is 0.379 e. The van der Waals surface area contributed by atoms with Crippen molar-refractivity contribution in [2.75, 3.05) is 52.6 Å². The first kappa shape index (κ1) is 15.2. The van der Waals surface area contributed by atoms with Crippen LogP contribution in [0.3, 0.4) is 0 Å². The Morgan fingerprint density at radius 2 is 1.32 bits per heavy atom. The quantitative estimate of drug-likeness (QED) is 0.660. The number of hydrogen-bond donors (Lipinski definition) is 0. The van der Waals surface area contributed by atoms with Crippen LogP contribution in [-0.2, 0) is 9.47 Å². The number of ether oxygens (including phenoxy) is 2. The maximum atomic E-state index is 5.50. The molecule has 0 radical (unpaired) electrons. The normalized spacial score (nSPS) is 23.1. The summed E-state index contributed by atoms with van der Waals surface area (Å²) in [5, 5.41) is 0. The fourth-order valence-electron chi connectivity index (χ4n) is 3.10. The Labute approximate surface area is 118 Å². The number of morpholine rings is 2. The van der Waals surface area contributed by atoms with Gasteiger partial charge in [0.05, 0.1) is 32.6 Å². The maximum Gasteiger partial charge on any atom is 0.0625 e. The zero-order valence-electron chi connectivity index (χ0n) is 12.5. The highest BCUT2D eigenvalue weighted by Gasteiger charge is 2.27. The molecule has 0 aromatic rings. The molecule has 0 aromatic heterocycles. The zero-order valence-corrected chi connectivity index (χ0v) is 12.5.